The van der Waals surface area contributed by atoms with Crippen LogP contribution in [0.5, 0.6) is 0 Å². The van der Waals surface area contributed by atoms with Gasteiger partial charge in [-0.3, -0.25) is 0 Å². The first-order valence-electron chi connectivity index (χ1n) is 6.10. The molecular formula is C13H19ClN2. The third-order valence-corrected chi connectivity index (χ3v) is 3.66. The molecule has 1 unspecified atom stereocenters. The lowest BCUT2D eigenvalue weighted by molar-refractivity contribution is 0.452. The third kappa shape index (κ3) is 3.19. The highest BCUT2D eigenvalue weighted by Crippen LogP contribution is 2.24. The summed E-state index contributed by atoms with van der Waals surface area (Å²) in [7, 11) is 0. The summed E-state index contributed by atoms with van der Waals surface area (Å²) >= 11 is 5.77. The van der Waals surface area contributed by atoms with E-state index in [1.165, 1.54) is 31.2 Å². The van der Waals surface area contributed by atoms with Crippen molar-refractivity contribution in [2.24, 2.45) is 5.92 Å². The second kappa shape index (κ2) is 5.65. The van der Waals surface area contributed by atoms with Crippen molar-refractivity contribution < 1.29 is 0 Å². The molecule has 1 aliphatic carbocycles. The van der Waals surface area contributed by atoms with Gasteiger partial charge < -0.3 is 5.32 Å². The van der Waals surface area contributed by atoms with Crippen LogP contribution >= 0.6 is 11.6 Å². The van der Waals surface area contributed by atoms with E-state index in [1.54, 1.807) is 0 Å². The van der Waals surface area contributed by atoms with Crippen molar-refractivity contribution in [3.63, 3.8) is 0 Å². The lowest BCUT2D eigenvalue weighted by Crippen LogP contribution is -2.24. The van der Waals surface area contributed by atoms with Crippen LogP contribution in [-0.2, 0) is 0 Å². The minimum Gasteiger partial charge on any atom is -0.310 e. The van der Waals surface area contributed by atoms with Gasteiger partial charge in [0.25, 0.3) is 0 Å². The molecule has 0 aliphatic heterocycles. The topological polar surface area (TPSA) is 24.9 Å². The molecule has 1 fully saturated rings. The number of hydrogen-bond acceptors (Lipinski definition) is 2. The molecule has 0 bridgehead atoms. The fraction of sp³-hybridized carbons (Fsp3) is 0.615. The number of aromatic nitrogens is 1. The highest BCUT2D eigenvalue weighted by atomic mass is 35.5. The van der Waals surface area contributed by atoms with Gasteiger partial charge in [0.05, 0.1) is 0 Å². The van der Waals surface area contributed by atoms with Crippen LogP contribution in [0.25, 0.3) is 0 Å². The number of rotatable bonds is 4. The molecule has 0 spiro atoms. The van der Waals surface area contributed by atoms with E-state index >= 15 is 0 Å². The monoisotopic (exact) mass is 238 g/mol. The Labute approximate surface area is 102 Å². The molecular weight excluding hydrogens is 220 g/mol. The van der Waals surface area contributed by atoms with Crippen LogP contribution in [0.1, 0.15) is 44.2 Å². The first-order chi connectivity index (χ1) is 7.75. The molecule has 0 radical (unpaired) electrons. The van der Waals surface area contributed by atoms with Gasteiger partial charge in [-0.15, -0.1) is 0 Å². The summed E-state index contributed by atoms with van der Waals surface area (Å²) in [4.78, 5) is 4.11. The van der Waals surface area contributed by atoms with Gasteiger partial charge in [-0.05, 0) is 43.9 Å². The summed E-state index contributed by atoms with van der Waals surface area (Å²) in [5, 5.41) is 4.14. The average Bonchev–Trinajstić information content (AvgIpc) is 2.80. The summed E-state index contributed by atoms with van der Waals surface area (Å²) in [6.45, 7) is 3.31. The Kier molecular flexibility index (Phi) is 4.19. The minimum atomic E-state index is 0.366. The van der Waals surface area contributed by atoms with E-state index in [4.69, 9.17) is 11.6 Å². The lowest BCUT2D eigenvalue weighted by atomic mass is 10.1. The highest BCUT2D eigenvalue weighted by molar-refractivity contribution is 6.29. The largest absolute Gasteiger partial charge is 0.310 e. The van der Waals surface area contributed by atoms with Crippen molar-refractivity contribution in [1.82, 2.24) is 10.3 Å². The summed E-state index contributed by atoms with van der Waals surface area (Å²) in [5.74, 6) is 0.878. The van der Waals surface area contributed by atoms with E-state index in [0.717, 1.165) is 12.5 Å². The second-order valence-electron chi connectivity index (χ2n) is 4.69. The number of nitrogens with one attached hydrogen (secondary N) is 1. The molecule has 1 atom stereocenters. The molecule has 0 saturated heterocycles. The molecule has 3 heteroatoms. The molecule has 0 amide bonds. The predicted molar refractivity (Wildman–Crippen MR) is 67.6 cm³/mol. The third-order valence-electron chi connectivity index (χ3n) is 3.44. The van der Waals surface area contributed by atoms with Gasteiger partial charge in [0, 0.05) is 12.2 Å². The van der Waals surface area contributed by atoms with E-state index in [0.29, 0.717) is 11.2 Å². The van der Waals surface area contributed by atoms with Crippen molar-refractivity contribution >= 4 is 11.6 Å². The second-order valence-corrected chi connectivity index (χ2v) is 5.08. The molecule has 1 aliphatic rings. The molecule has 1 aromatic heterocycles. The maximum Gasteiger partial charge on any atom is 0.129 e. The SMILES string of the molecule is CC(NCC1CCCC1)c1ccc(Cl)nc1. The Morgan fingerprint density at radius 1 is 1.44 bits per heavy atom. The van der Waals surface area contributed by atoms with E-state index < -0.39 is 0 Å². The molecule has 1 saturated carbocycles. The van der Waals surface area contributed by atoms with Crippen LogP contribution in [-0.4, -0.2) is 11.5 Å². The number of nitrogens with zero attached hydrogens (tertiary/aromatic N) is 1. The average molecular weight is 239 g/mol. The van der Waals surface area contributed by atoms with Crippen LogP contribution in [0.3, 0.4) is 0 Å². The van der Waals surface area contributed by atoms with E-state index in [1.807, 2.05) is 18.3 Å². The van der Waals surface area contributed by atoms with Gasteiger partial charge >= 0.3 is 0 Å². The fourth-order valence-electron chi connectivity index (χ4n) is 2.32. The van der Waals surface area contributed by atoms with Crippen LogP contribution in [0.4, 0.5) is 0 Å². The molecule has 1 heterocycles. The summed E-state index contributed by atoms with van der Waals surface area (Å²) in [6, 6.07) is 4.26. The van der Waals surface area contributed by atoms with E-state index in [9.17, 15) is 0 Å². The number of pyridine rings is 1. The number of halogens is 1. The number of hydrogen-bond donors (Lipinski definition) is 1. The molecule has 88 valence electrons. The Balaban J connectivity index is 1.82. The summed E-state index contributed by atoms with van der Waals surface area (Å²) in [6.07, 6.45) is 7.44. The van der Waals surface area contributed by atoms with Crippen LogP contribution in [0.2, 0.25) is 5.15 Å². The Morgan fingerprint density at radius 2 is 2.19 bits per heavy atom. The molecule has 16 heavy (non-hydrogen) atoms. The van der Waals surface area contributed by atoms with Crippen molar-refractivity contribution in [3.05, 3.63) is 29.0 Å². The molecule has 1 N–H and O–H groups in total. The molecule has 2 nitrogen and oxygen atoms in total. The van der Waals surface area contributed by atoms with Gasteiger partial charge in [0.15, 0.2) is 0 Å². The minimum absolute atomic E-state index is 0.366. The maximum absolute atomic E-state index is 5.77. The maximum atomic E-state index is 5.77. The molecule has 0 aromatic carbocycles. The Morgan fingerprint density at radius 3 is 2.81 bits per heavy atom. The first kappa shape index (κ1) is 11.9. The lowest BCUT2D eigenvalue weighted by Gasteiger charge is -2.17. The van der Waals surface area contributed by atoms with Gasteiger partial charge in [0.2, 0.25) is 0 Å². The van der Waals surface area contributed by atoms with Crippen molar-refractivity contribution in [3.8, 4) is 0 Å². The predicted octanol–water partition coefficient (Wildman–Crippen LogP) is 3.58. The molecule has 2 rings (SSSR count). The van der Waals surface area contributed by atoms with Gasteiger partial charge in [-0.1, -0.05) is 30.5 Å². The summed E-state index contributed by atoms with van der Waals surface area (Å²) in [5.41, 5.74) is 1.21. The van der Waals surface area contributed by atoms with Crippen molar-refractivity contribution in [1.29, 1.82) is 0 Å². The van der Waals surface area contributed by atoms with Crippen LogP contribution < -0.4 is 5.32 Å². The Bertz CT molecular complexity index is 317. The van der Waals surface area contributed by atoms with Gasteiger partial charge in [-0.2, -0.15) is 0 Å². The van der Waals surface area contributed by atoms with E-state index in [2.05, 4.69) is 17.2 Å². The standard InChI is InChI=1S/C13H19ClN2/c1-10(12-6-7-13(14)16-9-12)15-8-11-4-2-3-5-11/h6-7,9-11,15H,2-5,8H2,1H3. The highest BCUT2D eigenvalue weighted by Gasteiger charge is 2.15. The first-order valence-corrected chi connectivity index (χ1v) is 6.48. The zero-order valence-electron chi connectivity index (χ0n) is 9.75. The van der Waals surface area contributed by atoms with Gasteiger partial charge in [-0.25, -0.2) is 4.98 Å². The zero-order valence-corrected chi connectivity index (χ0v) is 10.5. The van der Waals surface area contributed by atoms with Crippen molar-refractivity contribution in [2.45, 2.75) is 38.6 Å². The normalized spacial score (nSPS) is 18.9. The van der Waals surface area contributed by atoms with Gasteiger partial charge in [0.1, 0.15) is 5.15 Å². The van der Waals surface area contributed by atoms with E-state index in [-0.39, 0.29) is 0 Å². The van der Waals surface area contributed by atoms with Crippen molar-refractivity contribution in [2.75, 3.05) is 6.54 Å². The zero-order chi connectivity index (χ0) is 11.4. The molecule has 1 aromatic rings. The van der Waals surface area contributed by atoms with Crippen LogP contribution in [0, 0.1) is 5.92 Å². The smallest absolute Gasteiger partial charge is 0.129 e. The van der Waals surface area contributed by atoms with Crippen LogP contribution in [0.15, 0.2) is 18.3 Å². The Hall–Kier alpha value is -0.600. The summed E-state index contributed by atoms with van der Waals surface area (Å²) < 4.78 is 0. The fourth-order valence-corrected chi connectivity index (χ4v) is 2.43. The quantitative estimate of drug-likeness (QED) is 0.812.